The molecule has 2 N–H and O–H groups in total. The fourth-order valence-electron chi connectivity index (χ4n) is 4.13. The van der Waals surface area contributed by atoms with Crippen LogP contribution in [0.1, 0.15) is 30.0 Å². The molecule has 1 atom stereocenters. The third-order valence-corrected chi connectivity index (χ3v) is 7.64. The largest absolute Gasteiger partial charge is 0.351 e. The first-order valence-electron chi connectivity index (χ1n) is 12.7. The molecule has 0 bridgehead atoms. The van der Waals surface area contributed by atoms with E-state index >= 15 is 0 Å². The number of carbonyl (C=O) groups excluding carboxylic acids is 2. The molecule has 0 aliphatic carbocycles. The fraction of sp³-hybridized carbons (Fsp3) is 0.267. The molecule has 38 heavy (non-hydrogen) atoms. The second-order valence-corrected chi connectivity index (χ2v) is 10.7. The number of sulfonamides is 1. The first-order chi connectivity index (χ1) is 18.3. The Bertz CT molecular complexity index is 1290. The number of nitrogens with zero attached hydrogens (tertiary/aromatic N) is 1. The SMILES string of the molecule is C=CCNC(=O)C(Cc1ccccc1)N(Cc1ccccc1)C(=O)CCc1ccc(S(=O)(=O)NCC)cc1. The third-order valence-electron chi connectivity index (χ3n) is 6.08. The smallest absolute Gasteiger partial charge is 0.243 e. The molecular weight excluding hydrogens is 498 g/mol. The van der Waals surface area contributed by atoms with E-state index < -0.39 is 16.1 Å². The van der Waals surface area contributed by atoms with E-state index in [1.807, 2.05) is 60.7 Å². The summed E-state index contributed by atoms with van der Waals surface area (Å²) in [6, 6.07) is 25.0. The van der Waals surface area contributed by atoms with Gasteiger partial charge in [-0.3, -0.25) is 9.59 Å². The Balaban J connectivity index is 1.83. The lowest BCUT2D eigenvalue weighted by Crippen LogP contribution is -2.50. The lowest BCUT2D eigenvalue weighted by Gasteiger charge is -2.31. The van der Waals surface area contributed by atoms with Crippen LogP contribution in [-0.2, 0) is 39.0 Å². The quantitative estimate of drug-likeness (QED) is 0.308. The Morgan fingerprint density at radius 2 is 1.50 bits per heavy atom. The molecule has 200 valence electrons. The minimum atomic E-state index is -3.54. The molecule has 8 heteroatoms. The normalized spacial score (nSPS) is 11.9. The average Bonchev–Trinajstić information content (AvgIpc) is 2.93. The van der Waals surface area contributed by atoms with E-state index in [4.69, 9.17) is 0 Å². The Kier molecular flexibility index (Phi) is 10.8. The minimum absolute atomic E-state index is 0.159. The second kappa shape index (κ2) is 14.3. The number of carbonyl (C=O) groups is 2. The van der Waals surface area contributed by atoms with Gasteiger partial charge in [0.25, 0.3) is 0 Å². The highest BCUT2D eigenvalue weighted by Crippen LogP contribution is 2.18. The standard InChI is InChI=1S/C30H35N3O4S/c1-3-21-31-30(35)28(22-25-11-7-5-8-12-25)33(23-26-13-9-6-10-14-26)29(34)20-17-24-15-18-27(19-16-24)38(36,37)32-4-2/h3,5-16,18-19,28,32H,1,4,17,20-23H2,2H3,(H,31,35). The second-order valence-electron chi connectivity index (χ2n) is 8.89. The van der Waals surface area contributed by atoms with Crippen LogP contribution in [0.5, 0.6) is 0 Å². The van der Waals surface area contributed by atoms with Crippen LogP contribution in [0.4, 0.5) is 0 Å². The van der Waals surface area contributed by atoms with Crippen LogP contribution in [0, 0.1) is 0 Å². The summed E-state index contributed by atoms with van der Waals surface area (Å²) in [5.41, 5.74) is 2.71. The van der Waals surface area contributed by atoms with Gasteiger partial charge in [-0.05, 0) is 35.2 Å². The maximum Gasteiger partial charge on any atom is 0.243 e. The van der Waals surface area contributed by atoms with Crippen molar-refractivity contribution >= 4 is 21.8 Å². The summed E-state index contributed by atoms with van der Waals surface area (Å²) >= 11 is 0. The fourth-order valence-corrected chi connectivity index (χ4v) is 5.17. The lowest BCUT2D eigenvalue weighted by atomic mass is 10.0. The molecule has 0 aliphatic rings. The molecular formula is C30H35N3O4S. The van der Waals surface area contributed by atoms with Crippen LogP contribution < -0.4 is 10.0 Å². The number of hydrogen-bond donors (Lipinski definition) is 2. The van der Waals surface area contributed by atoms with Crippen molar-refractivity contribution in [3.63, 3.8) is 0 Å². The molecule has 3 aromatic rings. The number of benzene rings is 3. The Morgan fingerprint density at radius 1 is 0.895 bits per heavy atom. The van der Waals surface area contributed by atoms with Crippen molar-refractivity contribution in [1.29, 1.82) is 0 Å². The average molecular weight is 534 g/mol. The minimum Gasteiger partial charge on any atom is -0.351 e. The van der Waals surface area contributed by atoms with Crippen molar-refractivity contribution in [2.75, 3.05) is 13.1 Å². The monoisotopic (exact) mass is 533 g/mol. The predicted molar refractivity (Wildman–Crippen MR) is 150 cm³/mol. The first kappa shape index (κ1) is 28.8. The van der Waals surface area contributed by atoms with Crippen LogP contribution in [0.2, 0.25) is 0 Å². The van der Waals surface area contributed by atoms with E-state index in [9.17, 15) is 18.0 Å². The Morgan fingerprint density at radius 3 is 2.08 bits per heavy atom. The number of amides is 2. The number of nitrogens with one attached hydrogen (secondary N) is 2. The van der Waals surface area contributed by atoms with E-state index in [0.717, 1.165) is 16.7 Å². The van der Waals surface area contributed by atoms with Gasteiger partial charge in [0.2, 0.25) is 21.8 Å². The van der Waals surface area contributed by atoms with Crippen molar-refractivity contribution in [2.24, 2.45) is 0 Å². The zero-order chi connectivity index (χ0) is 27.4. The van der Waals surface area contributed by atoms with Gasteiger partial charge in [-0.25, -0.2) is 13.1 Å². The van der Waals surface area contributed by atoms with Crippen molar-refractivity contribution < 1.29 is 18.0 Å². The topological polar surface area (TPSA) is 95.6 Å². The molecule has 2 amide bonds. The number of hydrogen-bond acceptors (Lipinski definition) is 4. The van der Waals surface area contributed by atoms with E-state index in [-0.39, 0.29) is 23.1 Å². The van der Waals surface area contributed by atoms with Crippen LogP contribution in [0.3, 0.4) is 0 Å². The van der Waals surface area contributed by atoms with Gasteiger partial charge in [0.05, 0.1) is 4.90 Å². The van der Waals surface area contributed by atoms with Crippen molar-refractivity contribution in [3.05, 3.63) is 114 Å². The van der Waals surface area contributed by atoms with Crippen molar-refractivity contribution in [3.8, 4) is 0 Å². The van der Waals surface area contributed by atoms with Crippen LogP contribution in [0.25, 0.3) is 0 Å². The highest BCUT2D eigenvalue weighted by molar-refractivity contribution is 7.89. The number of aryl methyl sites for hydroxylation is 1. The molecule has 0 heterocycles. The predicted octanol–water partition coefficient (Wildman–Crippen LogP) is 3.86. The summed E-state index contributed by atoms with van der Waals surface area (Å²) in [5, 5.41) is 2.86. The van der Waals surface area contributed by atoms with Crippen molar-refractivity contribution in [1.82, 2.24) is 14.9 Å². The van der Waals surface area contributed by atoms with Gasteiger partial charge in [-0.1, -0.05) is 85.8 Å². The van der Waals surface area contributed by atoms with E-state index in [2.05, 4.69) is 16.6 Å². The molecule has 0 aliphatic heterocycles. The van der Waals surface area contributed by atoms with Gasteiger partial charge in [0.1, 0.15) is 6.04 Å². The molecule has 3 rings (SSSR count). The molecule has 0 aromatic heterocycles. The maximum absolute atomic E-state index is 13.7. The molecule has 3 aromatic carbocycles. The van der Waals surface area contributed by atoms with Gasteiger partial charge in [0, 0.05) is 32.5 Å². The molecule has 7 nitrogen and oxygen atoms in total. The van der Waals surface area contributed by atoms with Gasteiger partial charge in [-0.2, -0.15) is 0 Å². The van der Waals surface area contributed by atoms with E-state index in [1.54, 1.807) is 42.2 Å². The molecule has 0 spiro atoms. The zero-order valence-corrected chi connectivity index (χ0v) is 22.5. The summed E-state index contributed by atoms with van der Waals surface area (Å²) in [6.07, 6.45) is 2.57. The molecule has 0 fully saturated rings. The van der Waals surface area contributed by atoms with Gasteiger partial charge in [-0.15, -0.1) is 6.58 Å². The highest BCUT2D eigenvalue weighted by Gasteiger charge is 2.30. The highest BCUT2D eigenvalue weighted by atomic mass is 32.2. The molecule has 0 saturated heterocycles. The van der Waals surface area contributed by atoms with Crippen LogP contribution in [0.15, 0.2) is 102 Å². The van der Waals surface area contributed by atoms with Gasteiger partial charge < -0.3 is 10.2 Å². The Hall–Kier alpha value is -3.75. The summed E-state index contributed by atoms with van der Waals surface area (Å²) in [5.74, 6) is -0.399. The zero-order valence-electron chi connectivity index (χ0n) is 21.7. The lowest BCUT2D eigenvalue weighted by molar-refractivity contribution is -0.141. The number of rotatable bonds is 14. The maximum atomic E-state index is 13.7. The summed E-state index contributed by atoms with van der Waals surface area (Å²) in [7, 11) is -3.54. The summed E-state index contributed by atoms with van der Waals surface area (Å²) in [6.45, 7) is 6.31. The summed E-state index contributed by atoms with van der Waals surface area (Å²) in [4.78, 5) is 28.8. The van der Waals surface area contributed by atoms with Crippen LogP contribution in [-0.4, -0.2) is 44.3 Å². The Labute approximate surface area is 225 Å². The molecule has 0 radical (unpaired) electrons. The van der Waals surface area contributed by atoms with E-state index in [0.29, 0.717) is 32.5 Å². The third kappa shape index (κ3) is 8.39. The first-order valence-corrected chi connectivity index (χ1v) is 14.2. The van der Waals surface area contributed by atoms with Gasteiger partial charge >= 0.3 is 0 Å². The molecule has 1 unspecified atom stereocenters. The van der Waals surface area contributed by atoms with Gasteiger partial charge in [0.15, 0.2) is 0 Å². The van der Waals surface area contributed by atoms with E-state index in [1.165, 1.54) is 0 Å². The summed E-state index contributed by atoms with van der Waals surface area (Å²) < 4.78 is 26.9. The van der Waals surface area contributed by atoms with Crippen molar-refractivity contribution in [2.45, 2.75) is 43.7 Å². The molecule has 0 saturated carbocycles. The van der Waals surface area contributed by atoms with Crippen LogP contribution >= 0.6 is 0 Å².